The van der Waals surface area contributed by atoms with Crippen LogP contribution in [0.4, 0.5) is 14.5 Å². The third-order valence-electron chi connectivity index (χ3n) is 2.64. The first-order chi connectivity index (χ1) is 8.47. The van der Waals surface area contributed by atoms with Crippen molar-refractivity contribution in [1.82, 2.24) is 0 Å². The van der Waals surface area contributed by atoms with Gasteiger partial charge in [0.05, 0.1) is 16.1 Å². The standard InChI is InChI=1S/C13H12ClF2NS/c1-7-5-10(16)11(6-9(7)15)17-8(2)12-3-4-13(14)18-12/h3-6,8,17H,1-2H3. The molecule has 1 unspecified atom stereocenters. The second-order valence-electron chi connectivity index (χ2n) is 4.09. The SMILES string of the molecule is Cc1cc(F)c(NC(C)c2ccc(Cl)s2)cc1F. The third kappa shape index (κ3) is 2.82. The van der Waals surface area contributed by atoms with Gasteiger partial charge in [-0.3, -0.25) is 0 Å². The molecule has 2 aromatic rings. The average molecular weight is 288 g/mol. The lowest BCUT2D eigenvalue weighted by molar-refractivity contribution is 0.593. The molecule has 1 nitrogen and oxygen atoms in total. The van der Waals surface area contributed by atoms with Crippen molar-refractivity contribution < 1.29 is 8.78 Å². The summed E-state index contributed by atoms with van der Waals surface area (Å²) in [7, 11) is 0. The lowest BCUT2D eigenvalue weighted by Gasteiger charge is -2.15. The third-order valence-corrected chi connectivity index (χ3v) is 4.05. The van der Waals surface area contributed by atoms with E-state index in [2.05, 4.69) is 5.32 Å². The van der Waals surface area contributed by atoms with Gasteiger partial charge in [0, 0.05) is 10.9 Å². The van der Waals surface area contributed by atoms with Crippen LogP contribution in [0, 0.1) is 18.6 Å². The van der Waals surface area contributed by atoms with E-state index in [0.29, 0.717) is 9.90 Å². The van der Waals surface area contributed by atoms with E-state index >= 15 is 0 Å². The van der Waals surface area contributed by atoms with Gasteiger partial charge in [-0.05, 0) is 37.6 Å². The Kier molecular flexibility index (Phi) is 3.88. The highest BCUT2D eigenvalue weighted by Crippen LogP contribution is 2.30. The second-order valence-corrected chi connectivity index (χ2v) is 5.84. The van der Waals surface area contributed by atoms with Crippen LogP contribution in [0.1, 0.15) is 23.4 Å². The van der Waals surface area contributed by atoms with Crippen LogP contribution in [0.3, 0.4) is 0 Å². The maximum atomic E-state index is 13.7. The highest BCUT2D eigenvalue weighted by molar-refractivity contribution is 7.16. The summed E-state index contributed by atoms with van der Waals surface area (Å²) in [4.78, 5) is 0.973. The number of rotatable bonds is 3. The Hall–Kier alpha value is -1.13. The Bertz CT molecular complexity index is 568. The fourth-order valence-corrected chi connectivity index (χ4v) is 2.69. The van der Waals surface area contributed by atoms with Crippen molar-refractivity contribution in [2.75, 3.05) is 5.32 Å². The van der Waals surface area contributed by atoms with Crippen LogP contribution >= 0.6 is 22.9 Å². The summed E-state index contributed by atoms with van der Waals surface area (Å²) in [5.41, 5.74) is 0.458. The first-order valence-corrected chi connectivity index (χ1v) is 6.64. The quantitative estimate of drug-likeness (QED) is 0.822. The maximum absolute atomic E-state index is 13.7. The first-order valence-electron chi connectivity index (χ1n) is 5.45. The minimum Gasteiger partial charge on any atom is -0.375 e. The van der Waals surface area contributed by atoms with Crippen LogP contribution in [0.25, 0.3) is 0 Å². The van der Waals surface area contributed by atoms with Gasteiger partial charge in [0.15, 0.2) is 0 Å². The van der Waals surface area contributed by atoms with Crippen LogP contribution in [0.2, 0.25) is 4.34 Å². The van der Waals surface area contributed by atoms with Gasteiger partial charge in [-0.15, -0.1) is 11.3 Å². The molecule has 1 atom stereocenters. The molecule has 18 heavy (non-hydrogen) atoms. The lowest BCUT2D eigenvalue weighted by atomic mass is 10.2. The molecule has 96 valence electrons. The second kappa shape index (κ2) is 5.24. The summed E-state index contributed by atoms with van der Waals surface area (Å²) in [5.74, 6) is -0.876. The highest BCUT2D eigenvalue weighted by Gasteiger charge is 2.12. The van der Waals surface area contributed by atoms with Gasteiger partial charge in [-0.2, -0.15) is 0 Å². The van der Waals surface area contributed by atoms with Crippen molar-refractivity contribution in [2.45, 2.75) is 19.9 Å². The smallest absolute Gasteiger partial charge is 0.146 e. The highest BCUT2D eigenvalue weighted by atomic mass is 35.5. The van der Waals surface area contributed by atoms with E-state index in [1.807, 2.05) is 13.0 Å². The zero-order valence-electron chi connectivity index (χ0n) is 9.93. The predicted octanol–water partition coefficient (Wildman–Crippen LogP) is 5.16. The number of hydrogen-bond donors (Lipinski definition) is 1. The van der Waals surface area contributed by atoms with E-state index in [-0.39, 0.29) is 11.7 Å². The molecule has 1 N–H and O–H groups in total. The molecular weight excluding hydrogens is 276 g/mol. The molecule has 1 aromatic carbocycles. The van der Waals surface area contributed by atoms with Gasteiger partial charge in [-0.25, -0.2) is 8.78 Å². The Labute approximate surface area is 113 Å². The van der Waals surface area contributed by atoms with E-state index < -0.39 is 11.6 Å². The maximum Gasteiger partial charge on any atom is 0.146 e. The number of anilines is 1. The van der Waals surface area contributed by atoms with Crippen molar-refractivity contribution >= 4 is 28.6 Å². The molecule has 0 spiro atoms. The molecule has 2 rings (SSSR count). The van der Waals surface area contributed by atoms with Gasteiger partial charge < -0.3 is 5.32 Å². The Morgan fingerprint density at radius 2 is 1.94 bits per heavy atom. The van der Waals surface area contributed by atoms with Crippen LogP contribution in [0.15, 0.2) is 24.3 Å². The molecule has 5 heteroatoms. The van der Waals surface area contributed by atoms with Crippen molar-refractivity contribution in [3.63, 3.8) is 0 Å². The van der Waals surface area contributed by atoms with Gasteiger partial charge in [0.25, 0.3) is 0 Å². The van der Waals surface area contributed by atoms with E-state index in [4.69, 9.17) is 11.6 Å². The molecule has 1 aromatic heterocycles. The lowest BCUT2D eigenvalue weighted by Crippen LogP contribution is -2.07. The van der Waals surface area contributed by atoms with Crippen LogP contribution < -0.4 is 5.32 Å². The zero-order valence-corrected chi connectivity index (χ0v) is 11.5. The summed E-state index contributed by atoms with van der Waals surface area (Å²) in [6.45, 7) is 3.41. The fourth-order valence-electron chi connectivity index (χ4n) is 1.62. The van der Waals surface area contributed by atoms with E-state index in [9.17, 15) is 8.78 Å². The molecule has 0 aliphatic rings. The monoisotopic (exact) mass is 287 g/mol. The Morgan fingerprint density at radius 3 is 2.56 bits per heavy atom. The van der Waals surface area contributed by atoms with Crippen LogP contribution in [0.5, 0.6) is 0 Å². The minimum absolute atomic E-state index is 0.126. The number of hydrogen-bond acceptors (Lipinski definition) is 2. The van der Waals surface area contributed by atoms with E-state index in [0.717, 1.165) is 4.88 Å². The van der Waals surface area contributed by atoms with Gasteiger partial charge >= 0.3 is 0 Å². The molecule has 0 fully saturated rings. The van der Waals surface area contributed by atoms with E-state index in [1.54, 1.807) is 6.07 Å². The first kappa shape index (κ1) is 13.3. The molecule has 0 aliphatic heterocycles. The summed E-state index contributed by atoms with van der Waals surface area (Å²) >= 11 is 7.26. The Balaban J connectivity index is 2.21. The van der Waals surface area contributed by atoms with Gasteiger partial charge in [0.2, 0.25) is 0 Å². The summed E-state index contributed by atoms with van der Waals surface area (Å²) in [6.07, 6.45) is 0. The van der Waals surface area contributed by atoms with Crippen molar-refractivity contribution in [2.24, 2.45) is 0 Å². The molecule has 0 saturated carbocycles. The van der Waals surface area contributed by atoms with E-state index in [1.165, 1.54) is 30.4 Å². The number of aryl methyl sites for hydroxylation is 1. The largest absolute Gasteiger partial charge is 0.375 e. The van der Waals surface area contributed by atoms with Crippen LogP contribution in [-0.2, 0) is 0 Å². The molecule has 1 heterocycles. The summed E-state index contributed by atoms with van der Waals surface area (Å²) in [6, 6.07) is 5.89. The van der Waals surface area contributed by atoms with Crippen molar-refractivity contribution in [3.05, 3.63) is 50.7 Å². The minimum atomic E-state index is -0.455. The van der Waals surface area contributed by atoms with Gasteiger partial charge in [0.1, 0.15) is 11.6 Å². The van der Waals surface area contributed by atoms with Crippen molar-refractivity contribution in [3.8, 4) is 0 Å². The molecule has 0 bridgehead atoms. The molecule has 0 radical (unpaired) electrons. The fraction of sp³-hybridized carbons (Fsp3) is 0.231. The van der Waals surface area contributed by atoms with Gasteiger partial charge in [-0.1, -0.05) is 11.6 Å². The topological polar surface area (TPSA) is 12.0 Å². The zero-order chi connectivity index (χ0) is 13.3. The Morgan fingerprint density at radius 1 is 1.22 bits per heavy atom. The number of benzene rings is 1. The average Bonchev–Trinajstić information content (AvgIpc) is 2.73. The normalized spacial score (nSPS) is 12.5. The number of halogens is 3. The van der Waals surface area contributed by atoms with Crippen molar-refractivity contribution in [1.29, 1.82) is 0 Å². The summed E-state index contributed by atoms with van der Waals surface area (Å²) in [5, 5.41) is 2.94. The number of nitrogens with one attached hydrogen (secondary N) is 1. The molecular formula is C13H12ClF2NS. The predicted molar refractivity (Wildman–Crippen MR) is 72.5 cm³/mol. The molecule has 0 aliphatic carbocycles. The van der Waals surface area contributed by atoms with Crippen LogP contribution in [-0.4, -0.2) is 0 Å². The summed E-state index contributed by atoms with van der Waals surface area (Å²) < 4.78 is 27.7. The number of thiophene rings is 1. The molecule has 0 saturated heterocycles. The molecule has 0 amide bonds.